The Morgan fingerprint density at radius 2 is 1.52 bits per heavy atom. The van der Waals surface area contributed by atoms with Crippen molar-refractivity contribution in [2.75, 3.05) is 6.54 Å². The quantitative estimate of drug-likeness (QED) is 0.846. The molecular weight excluding hydrogens is 331 g/mol. The molecule has 25 heavy (non-hydrogen) atoms. The van der Waals surface area contributed by atoms with Crippen molar-refractivity contribution in [3.63, 3.8) is 0 Å². The number of hydrogen-bond acceptors (Lipinski definition) is 5. The maximum absolute atomic E-state index is 12.8. The monoisotopic (exact) mass is 342 g/mol. The minimum atomic E-state index is -0.995. The molecule has 1 aliphatic rings. The minimum absolute atomic E-state index is 0.135. The van der Waals surface area contributed by atoms with Crippen LogP contribution < -0.4 is 5.32 Å². The van der Waals surface area contributed by atoms with Gasteiger partial charge < -0.3 is 10.2 Å². The number of halogens is 1. The molecule has 0 saturated heterocycles. The number of hydroxylamine groups is 2. The average Bonchev–Trinajstić information content (AvgIpc) is 2.86. The van der Waals surface area contributed by atoms with Crippen LogP contribution in [0, 0.1) is 5.82 Å². The van der Waals surface area contributed by atoms with Crippen molar-refractivity contribution >= 4 is 23.7 Å². The van der Waals surface area contributed by atoms with Gasteiger partial charge in [-0.15, -0.1) is 0 Å². The highest BCUT2D eigenvalue weighted by molar-refractivity contribution is 6.20. The Morgan fingerprint density at radius 3 is 2.08 bits per heavy atom. The first-order valence-electron chi connectivity index (χ1n) is 7.20. The lowest BCUT2D eigenvalue weighted by atomic mass is 10.1. The number of imide groups is 1. The Kier molecular flexibility index (Phi) is 4.25. The summed E-state index contributed by atoms with van der Waals surface area (Å²) in [6.07, 6.45) is 0. The predicted molar refractivity (Wildman–Crippen MR) is 81.8 cm³/mol. The number of benzene rings is 2. The van der Waals surface area contributed by atoms with Gasteiger partial charge >= 0.3 is 5.97 Å². The molecule has 0 aromatic heterocycles. The molecule has 3 amide bonds. The number of nitrogens with one attached hydrogen (secondary N) is 1. The highest BCUT2D eigenvalue weighted by atomic mass is 19.1. The van der Waals surface area contributed by atoms with Crippen LogP contribution in [0.4, 0.5) is 4.39 Å². The first-order valence-corrected chi connectivity index (χ1v) is 7.20. The van der Waals surface area contributed by atoms with Gasteiger partial charge in [-0.05, 0) is 36.4 Å². The van der Waals surface area contributed by atoms with E-state index in [1.54, 1.807) is 12.1 Å². The molecule has 0 atom stereocenters. The van der Waals surface area contributed by atoms with E-state index in [2.05, 4.69) is 5.32 Å². The first kappa shape index (κ1) is 16.3. The maximum Gasteiger partial charge on any atom is 0.352 e. The molecular formula is C17H11FN2O5. The van der Waals surface area contributed by atoms with Gasteiger partial charge in [0.15, 0.2) is 0 Å². The summed E-state index contributed by atoms with van der Waals surface area (Å²) >= 11 is 0. The molecule has 1 aliphatic heterocycles. The van der Waals surface area contributed by atoms with Crippen LogP contribution in [0.15, 0.2) is 48.5 Å². The lowest BCUT2D eigenvalue weighted by Crippen LogP contribution is -2.38. The van der Waals surface area contributed by atoms with Crippen molar-refractivity contribution in [3.8, 4) is 0 Å². The zero-order chi connectivity index (χ0) is 18.0. The van der Waals surface area contributed by atoms with Crippen molar-refractivity contribution in [3.05, 3.63) is 71.0 Å². The molecule has 3 rings (SSSR count). The Morgan fingerprint density at radius 1 is 0.960 bits per heavy atom. The summed E-state index contributed by atoms with van der Waals surface area (Å²) in [4.78, 5) is 52.4. The van der Waals surface area contributed by atoms with Crippen LogP contribution in [-0.4, -0.2) is 35.3 Å². The van der Waals surface area contributed by atoms with Gasteiger partial charge in [-0.25, -0.2) is 9.18 Å². The van der Waals surface area contributed by atoms with Gasteiger partial charge in [0.05, 0.1) is 11.1 Å². The summed E-state index contributed by atoms with van der Waals surface area (Å²) < 4.78 is 12.8. The number of carbonyl (C=O) groups excluding carboxylic acids is 4. The predicted octanol–water partition coefficient (Wildman–Crippen LogP) is 1.31. The fraction of sp³-hybridized carbons (Fsp3) is 0.0588. The van der Waals surface area contributed by atoms with Crippen molar-refractivity contribution in [2.45, 2.75) is 0 Å². The summed E-state index contributed by atoms with van der Waals surface area (Å²) in [7, 11) is 0. The number of nitrogens with zero attached hydrogens (tertiary/aromatic N) is 1. The Bertz CT molecular complexity index is 844. The first-order chi connectivity index (χ1) is 12.0. The van der Waals surface area contributed by atoms with Gasteiger partial charge in [0.2, 0.25) is 0 Å². The van der Waals surface area contributed by atoms with Crippen molar-refractivity contribution in [2.24, 2.45) is 0 Å². The van der Waals surface area contributed by atoms with E-state index in [-0.39, 0.29) is 16.7 Å². The van der Waals surface area contributed by atoms with E-state index >= 15 is 0 Å². The molecule has 0 bridgehead atoms. The van der Waals surface area contributed by atoms with Gasteiger partial charge in [0.1, 0.15) is 12.4 Å². The van der Waals surface area contributed by atoms with Crippen LogP contribution in [0.5, 0.6) is 0 Å². The molecule has 2 aromatic carbocycles. The number of fused-ring (bicyclic) bond motifs is 1. The standard InChI is InChI=1S/C17H11FN2O5/c18-11-7-5-10(6-8-11)15(22)19-9-14(21)25-20-16(23)12-3-1-2-4-13(12)17(20)24/h1-8H,9H2,(H,19,22). The van der Waals surface area contributed by atoms with Gasteiger partial charge in [0.25, 0.3) is 17.7 Å². The SMILES string of the molecule is O=C(CNC(=O)c1ccc(F)cc1)ON1C(=O)c2ccccc2C1=O. The summed E-state index contributed by atoms with van der Waals surface area (Å²) in [5.74, 6) is -3.62. The van der Waals surface area contributed by atoms with Crippen molar-refractivity contribution in [1.29, 1.82) is 0 Å². The summed E-state index contributed by atoms with van der Waals surface area (Å²) in [6, 6.07) is 10.8. The third-order valence-electron chi connectivity index (χ3n) is 3.45. The lowest BCUT2D eigenvalue weighted by molar-refractivity contribution is -0.167. The second-order valence-corrected chi connectivity index (χ2v) is 5.10. The zero-order valence-corrected chi connectivity index (χ0v) is 12.7. The fourth-order valence-electron chi connectivity index (χ4n) is 2.24. The molecule has 8 heteroatoms. The summed E-state index contributed by atoms with van der Waals surface area (Å²) in [6.45, 7) is -0.566. The van der Waals surface area contributed by atoms with E-state index in [9.17, 15) is 23.6 Å². The van der Waals surface area contributed by atoms with Crippen LogP contribution in [0.1, 0.15) is 31.1 Å². The van der Waals surface area contributed by atoms with Crippen LogP contribution in [0.3, 0.4) is 0 Å². The van der Waals surface area contributed by atoms with E-state index in [1.807, 2.05) is 0 Å². The van der Waals surface area contributed by atoms with Gasteiger partial charge in [-0.3, -0.25) is 14.4 Å². The number of hydrogen-bond donors (Lipinski definition) is 1. The van der Waals surface area contributed by atoms with E-state index < -0.39 is 36.1 Å². The fourth-order valence-corrected chi connectivity index (χ4v) is 2.24. The van der Waals surface area contributed by atoms with E-state index in [1.165, 1.54) is 24.3 Å². The van der Waals surface area contributed by atoms with Crippen molar-refractivity contribution < 1.29 is 28.4 Å². The topological polar surface area (TPSA) is 92.8 Å². The van der Waals surface area contributed by atoms with E-state index in [4.69, 9.17) is 4.84 Å². The Balaban J connectivity index is 1.58. The summed E-state index contributed by atoms with van der Waals surface area (Å²) in [5.41, 5.74) is 0.418. The molecule has 1 heterocycles. The average molecular weight is 342 g/mol. The zero-order valence-electron chi connectivity index (χ0n) is 12.7. The molecule has 0 unspecified atom stereocenters. The van der Waals surface area contributed by atoms with Crippen LogP contribution >= 0.6 is 0 Å². The van der Waals surface area contributed by atoms with Crippen LogP contribution in [-0.2, 0) is 9.63 Å². The molecule has 0 spiro atoms. The molecule has 0 fully saturated rings. The third kappa shape index (κ3) is 3.23. The molecule has 7 nitrogen and oxygen atoms in total. The Hall–Kier alpha value is -3.55. The highest BCUT2D eigenvalue weighted by Gasteiger charge is 2.38. The highest BCUT2D eigenvalue weighted by Crippen LogP contribution is 2.22. The molecule has 0 radical (unpaired) electrons. The number of carbonyl (C=O) groups is 4. The second-order valence-electron chi connectivity index (χ2n) is 5.10. The molecule has 0 saturated carbocycles. The smallest absolute Gasteiger partial charge is 0.341 e. The maximum atomic E-state index is 12.8. The number of rotatable bonds is 4. The van der Waals surface area contributed by atoms with Gasteiger partial charge in [-0.2, -0.15) is 0 Å². The largest absolute Gasteiger partial charge is 0.352 e. The summed E-state index contributed by atoms with van der Waals surface area (Å²) in [5, 5.41) is 2.62. The van der Waals surface area contributed by atoms with Gasteiger partial charge in [0, 0.05) is 5.56 Å². The van der Waals surface area contributed by atoms with Crippen LogP contribution in [0.25, 0.3) is 0 Å². The minimum Gasteiger partial charge on any atom is -0.341 e. The normalized spacial score (nSPS) is 12.8. The molecule has 0 aliphatic carbocycles. The molecule has 126 valence electrons. The van der Waals surface area contributed by atoms with Gasteiger partial charge in [-0.1, -0.05) is 17.2 Å². The van der Waals surface area contributed by atoms with E-state index in [0.717, 1.165) is 12.1 Å². The third-order valence-corrected chi connectivity index (χ3v) is 3.45. The molecule has 1 N–H and O–H groups in total. The van der Waals surface area contributed by atoms with Crippen molar-refractivity contribution in [1.82, 2.24) is 10.4 Å². The van der Waals surface area contributed by atoms with Crippen LogP contribution in [0.2, 0.25) is 0 Å². The Labute approximate surface area is 140 Å². The van der Waals surface area contributed by atoms with E-state index in [0.29, 0.717) is 5.06 Å². The number of amides is 3. The molecule has 2 aromatic rings. The second kappa shape index (κ2) is 6.52. The lowest BCUT2D eigenvalue weighted by Gasteiger charge is -2.13.